The van der Waals surface area contributed by atoms with Crippen molar-refractivity contribution in [1.82, 2.24) is 14.7 Å². The van der Waals surface area contributed by atoms with Gasteiger partial charge in [-0.15, -0.1) is 0 Å². The summed E-state index contributed by atoms with van der Waals surface area (Å²) in [5, 5.41) is 13.3. The fourth-order valence-corrected chi connectivity index (χ4v) is 2.33. The summed E-state index contributed by atoms with van der Waals surface area (Å²) >= 11 is 0. The number of ether oxygens (including phenoxy) is 1. The first-order valence-corrected chi connectivity index (χ1v) is 7.54. The van der Waals surface area contributed by atoms with Crippen LogP contribution < -0.4 is 4.74 Å². The normalized spacial score (nSPS) is 13.4. The number of hydrogen-bond acceptors (Lipinski definition) is 4. The molecule has 1 aromatic heterocycles. The van der Waals surface area contributed by atoms with Gasteiger partial charge in [-0.3, -0.25) is 9.48 Å². The van der Waals surface area contributed by atoms with Gasteiger partial charge < -0.3 is 14.7 Å². The minimum Gasteiger partial charge on any atom is -0.481 e. The monoisotopic (exact) mass is 317 g/mol. The smallest absolute Gasteiger partial charge is 0.263 e. The number of carbonyl (C=O) groups is 1. The number of aryl methyl sites for hydroxylation is 1. The zero-order chi connectivity index (χ0) is 17.0. The average Bonchev–Trinajstić information content (AvgIpc) is 2.99. The number of likely N-dealkylation sites (N-methyl/N-ethyl adjacent to an activating group) is 1. The first kappa shape index (κ1) is 17.0. The highest BCUT2D eigenvalue weighted by Gasteiger charge is 2.24. The number of nitrogens with zero attached hydrogens (tertiary/aromatic N) is 3. The van der Waals surface area contributed by atoms with Gasteiger partial charge in [0.2, 0.25) is 0 Å². The third-order valence-electron chi connectivity index (χ3n) is 3.88. The molecule has 1 amide bonds. The summed E-state index contributed by atoms with van der Waals surface area (Å²) in [4.78, 5) is 14.2. The number of aliphatic hydroxyl groups is 1. The molecule has 1 heterocycles. The van der Waals surface area contributed by atoms with Crippen LogP contribution in [0.3, 0.4) is 0 Å². The van der Waals surface area contributed by atoms with Gasteiger partial charge in [-0.2, -0.15) is 5.10 Å². The number of rotatable bonds is 6. The molecule has 124 valence electrons. The van der Waals surface area contributed by atoms with Crippen LogP contribution in [0.25, 0.3) is 0 Å². The Morgan fingerprint density at radius 2 is 2.17 bits per heavy atom. The number of aromatic nitrogens is 2. The van der Waals surface area contributed by atoms with E-state index >= 15 is 0 Å². The van der Waals surface area contributed by atoms with Gasteiger partial charge in [0, 0.05) is 25.9 Å². The fourth-order valence-electron chi connectivity index (χ4n) is 2.33. The fraction of sp³-hybridized carbons (Fsp3) is 0.412. The van der Waals surface area contributed by atoms with E-state index in [-0.39, 0.29) is 18.6 Å². The van der Waals surface area contributed by atoms with Crippen LogP contribution in [0.2, 0.25) is 0 Å². The van der Waals surface area contributed by atoms with Crippen LogP contribution in [0.1, 0.15) is 31.0 Å². The minimum absolute atomic E-state index is 0.0581. The molecule has 2 aromatic rings. The summed E-state index contributed by atoms with van der Waals surface area (Å²) in [7, 11) is 3.60. The van der Waals surface area contributed by atoms with Crippen molar-refractivity contribution in [2.75, 3.05) is 7.05 Å². The largest absolute Gasteiger partial charge is 0.481 e. The van der Waals surface area contributed by atoms with Gasteiger partial charge in [-0.25, -0.2) is 0 Å². The molecule has 2 unspecified atom stereocenters. The molecule has 2 rings (SSSR count). The van der Waals surface area contributed by atoms with Crippen LogP contribution in [0.4, 0.5) is 0 Å². The Bertz CT molecular complexity index is 669. The van der Waals surface area contributed by atoms with E-state index in [0.717, 1.165) is 11.1 Å². The zero-order valence-electron chi connectivity index (χ0n) is 13.9. The minimum atomic E-state index is -0.618. The Morgan fingerprint density at radius 1 is 1.43 bits per heavy atom. The van der Waals surface area contributed by atoms with E-state index in [1.165, 1.54) is 0 Å². The van der Waals surface area contributed by atoms with Crippen molar-refractivity contribution in [2.24, 2.45) is 7.05 Å². The van der Waals surface area contributed by atoms with Gasteiger partial charge in [0.05, 0.1) is 18.8 Å². The lowest BCUT2D eigenvalue weighted by atomic mass is 10.1. The Labute approximate surface area is 136 Å². The van der Waals surface area contributed by atoms with Crippen molar-refractivity contribution in [2.45, 2.75) is 32.6 Å². The van der Waals surface area contributed by atoms with Crippen LogP contribution in [0.5, 0.6) is 5.75 Å². The number of benzene rings is 1. The molecule has 1 N–H and O–H groups in total. The van der Waals surface area contributed by atoms with E-state index in [9.17, 15) is 4.79 Å². The average molecular weight is 317 g/mol. The summed E-state index contributed by atoms with van der Waals surface area (Å²) in [5.41, 5.74) is 1.72. The van der Waals surface area contributed by atoms with Crippen LogP contribution in [-0.2, 0) is 18.4 Å². The van der Waals surface area contributed by atoms with Gasteiger partial charge in [-0.05, 0) is 31.5 Å². The highest BCUT2D eigenvalue weighted by Crippen LogP contribution is 2.20. The quantitative estimate of drug-likeness (QED) is 0.883. The lowest BCUT2D eigenvalue weighted by molar-refractivity contribution is -0.138. The molecular formula is C17H23N3O3. The summed E-state index contributed by atoms with van der Waals surface area (Å²) < 4.78 is 7.42. The molecule has 6 nitrogen and oxygen atoms in total. The van der Waals surface area contributed by atoms with Gasteiger partial charge in [0.15, 0.2) is 6.10 Å². The third-order valence-corrected chi connectivity index (χ3v) is 3.88. The lowest BCUT2D eigenvalue weighted by Crippen LogP contribution is -2.39. The van der Waals surface area contributed by atoms with E-state index in [2.05, 4.69) is 5.10 Å². The van der Waals surface area contributed by atoms with Crippen LogP contribution in [0.15, 0.2) is 36.7 Å². The molecule has 0 aliphatic heterocycles. The third kappa shape index (κ3) is 4.10. The van der Waals surface area contributed by atoms with E-state index in [0.29, 0.717) is 5.75 Å². The van der Waals surface area contributed by atoms with Gasteiger partial charge in [-0.1, -0.05) is 12.1 Å². The van der Waals surface area contributed by atoms with E-state index in [1.54, 1.807) is 54.0 Å². The molecule has 2 atom stereocenters. The van der Waals surface area contributed by atoms with Gasteiger partial charge >= 0.3 is 0 Å². The van der Waals surface area contributed by atoms with Crippen molar-refractivity contribution in [3.05, 3.63) is 47.8 Å². The molecule has 0 fully saturated rings. The number of aliphatic hydroxyl groups excluding tert-OH is 1. The van der Waals surface area contributed by atoms with Gasteiger partial charge in [0.1, 0.15) is 5.75 Å². The molecule has 6 heteroatoms. The summed E-state index contributed by atoms with van der Waals surface area (Å²) in [5.74, 6) is 0.454. The molecule has 1 aromatic carbocycles. The van der Waals surface area contributed by atoms with Crippen molar-refractivity contribution < 1.29 is 14.6 Å². The number of carbonyl (C=O) groups excluding carboxylic acids is 1. The standard InChI is InChI=1S/C17H23N3O3/c1-12(15-9-18-19(3)10-15)20(4)17(22)13(2)23-16-7-5-6-14(8-16)11-21/h5-10,12-13,21H,11H2,1-4H3. The van der Waals surface area contributed by atoms with Crippen molar-refractivity contribution in [3.8, 4) is 5.75 Å². The second-order valence-corrected chi connectivity index (χ2v) is 5.64. The highest BCUT2D eigenvalue weighted by molar-refractivity contribution is 5.81. The van der Waals surface area contributed by atoms with Crippen molar-refractivity contribution in [1.29, 1.82) is 0 Å². The van der Waals surface area contributed by atoms with Crippen molar-refractivity contribution >= 4 is 5.91 Å². The SMILES string of the molecule is CC(Oc1cccc(CO)c1)C(=O)N(C)C(C)c1cnn(C)c1. The van der Waals surface area contributed by atoms with Crippen molar-refractivity contribution in [3.63, 3.8) is 0 Å². The maximum absolute atomic E-state index is 12.5. The first-order valence-electron chi connectivity index (χ1n) is 7.54. The first-order chi connectivity index (χ1) is 10.9. The van der Waals surface area contributed by atoms with Crippen LogP contribution in [0, 0.1) is 0 Å². The van der Waals surface area contributed by atoms with Crippen LogP contribution in [-0.4, -0.2) is 38.8 Å². The topological polar surface area (TPSA) is 67.6 Å². The highest BCUT2D eigenvalue weighted by atomic mass is 16.5. The van der Waals surface area contributed by atoms with E-state index in [4.69, 9.17) is 9.84 Å². The summed E-state index contributed by atoms with van der Waals surface area (Å²) in [6.07, 6.45) is 3.03. The lowest BCUT2D eigenvalue weighted by Gasteiger charge is -2.27. The van der Waals surface area contributed by atoms with Gasteiger partial charge in [0.25, 0.3) is 5.91 Å². The molecular weight excluding hydrogens is 294 g/mol. The second-order valence-electron chi connectivity index (χ2n) is 5.64. The molecule has 0 bridgehead atoms. The number of hydrogen-bond donors (Lipinski definition) is 1. The van der Waals surface area contributed by atoms with E-state index < -0.39 is 6.10 Å². The molecule has 23 heavy (non-hydrogen) atoms. The van der Waals surface area contributed by atoms with E-state index in [1.807, 2.05) is 20.2 Å². The predicted molar refractivity (Wildman–Crippen MR) is 86.8 cm³/mol. The molecule has 0 saturated heterocycles. The maximum atomic E-state index is 12.5. The molecule has 0 saturated carbocycles. The number of amides is 1. The summed E-state index contributed by atoms with van der Waals surface area (Å²) in [6.45, 7) is 3.62. The second kappa shape index (κ2) is 7.28. The molecule has 0 radical (unpaired) electrons. The maximum Gasteiger partial charge on any atom is 0.263 e. The molecule has 0 aliphatic rings. The Kier molecular flexibility index (Phi) is 5.39. The Hall–Kier alpha value is -2.34. The molecule has 0 spiro atoms. The zero-order valence-corrected chi connectivity index (χ0v) is 13.9. The Balaban J connectivity index is 2.03. The Morgan fingerprint density at radius 3 is 2.78 bits per heavy atom. The molecule has 0 aliphatic carbocycles. The summed E-state index contributed by atoms with van der Waals surface area (Å²) in [6, 6.07) is 7.00. The van der Waals surface area contributed by atoms with Crippen LogP contribution >= 0.6 is 0 Å². The predicted octanol–water partition coefficient (Wildman–Crippen LogP) is 1.90.